The Morgan fingerprint density at radius 1 is 1.14 bits per heavy atom. The quantitative estimate of drug-likeness (QED) is 0.485. The molecule has 0 aliphatic heterocycles. The number of aliphatic hydroxyl groups is 1. The van der Waals surface area contributed by atoms with Gasteiger partial charge in [-0.15, -0.1) is 0 Å². The highest BCUT2D eigenvalue weighted by atomic mass is 32.2. The molecule has 3 N–H and O–H groups in total. The van der Waals surface area contributed by atoms with Crippen LogP contribution in [-0.4, -0.2) is 23.2 Å². The molecule has 0 bridgehead atoms. The number of aromatic nitrogens is 1. The van der Waals surface area contributed by atoms with Crippen molar-refractivity contribution >= 4 is 23.5 Å². The predicted octanol–water partition coefficient (Wildman–Crippen LogP) is 2.26. The van der Waals surface area contributed by atoms with Gasteiger partial charge in [-0.05, 0) is 11.6 Å². The predicted molar refractivity (Wildman–Crippen MR) is 107 cm³/mol. The van der Waals surface area contributed by atoms with Gasteiger partial charge in [0.05, 0.1) is 29.2 Å². The van der Waals surface area contributed by atoms with Crippen molar-refractivity contribution in [1.29, 1.82) is 10.5 Å². The molecule has 0 unspecified atom stereocenters. The highest BCUT2D eigenvalue weighted by Gasteiger charge is 2.22. The number of nitriles is 2. The topological polar surface area (TPSA) is 137 Å². The molecule has 0 saturated carbocycles. The van der Waals surface area contributed by atoms with E-state index in [-0.39, 0.29) is 30.2 Å². The summed E-state index contributed by atoms with van der Waals surface area (Å²) in [7, 11) is 0. The summed E-state index contributed by atoms with van der Waals surface area (Å²) in [6, 6.07) is 16.6. The molecule has 3 aromatic rings. The molecule has 0 spiro atoms. The van der Waals surface area contributed by atoms with Crippen molar-refractivity contribution in [2.75, 3.05) is 18.5 Å². The molecule has 0 aliphatic rings. The first-order chi connectivity index (χ1) is 14.2. The lowest BCUT2D eigenvalue weighted by Gasteiger charge is -2.15. The van der Waals surface area contributed by atoms with Crippen LogP contribution >= 0.6 is 11.8 Å². The Labute approximate surface area is 170 Å². The van der Waals surface area contributed by atoms with Gasteiger partial charge in [0, 0.05) is 17.0 Å². The van der Waals surface area contributed by atoms with Crippen molar-refractivity contribution in [3.8, 4) is 23.3 Å². The van der Waals surface area contributed by atoms with Crippen molar-refractivity contribution < 1.29 is 14.7 Å². The van der Waals surface area contributed by atoms with Crippen LogP contribution in [-0.2, 0) is 5.75 Å². The minimum absolute atomic E-state index is 0.101. The lowest BCUT2D eigenvalue weighted by molar-refractivity contribution is -0.398. The number of hydrogen-bond acceptors (Lipinski definition) is 8. The zero-order valence-electron chi connectivity index (χ0n) is 15.2. The second-order valence-corrected chi connectivity index (χ2v) is 6.75. The fourth-order valence-electron chi connectivity index (χ4n) is 2.73. The third-order valence-electron chi connectivity index (χ3n) is 3.97. The third-order valence-corrected chi connectivity index (χ3v) is 4.97. The van der Waals surface area contributed by atoms with Gasteiger partial charge in [0.25, 0.3) is 0 Å². The number of anilines is 1. The highest BCUT2D eigenvalue weighted by Crippen LogP contribution is 2.37. The van der Waals surface area contributed by atoms with E-state index in [2.05, 4.69) is 22.4 Å². The van der Waals surface area contributed by atoms with Gasteiger partial charge in [0.15, 0.2) is 0 Å². The molecule has 0 amide bonds. The van der Waals surface area contributed by atoms with Crippen molar-refractivity contribution in [3.63, 3.8) is 0 Å². The first-order valence-corrected chi connectivity index (χ1v) is 9.58. The smallest absolute Gasteiger partial charge is 0.406 e. The highest BCUT2D eigenvalue weighted by molar-refractivity contribution is 7.98. The van der Waals surface area contributed by atoms with Gasteiger partial charge < -0.3 is 14.8 Å². The van der Waals surface area contributed by atoms with Crippen LogP contribution in [0.2, 0.25) is 0 Å². The van der Waals surface area contributed by atoms with Gasteiger partial charge in [0.1, 0.15) is 34.3 Å². The number of hydrogen-bond donors (Lipinski definition) is 3. The summed E-state index contributed by atoms with van der Waals surface area (Å²) in [5.41, 5.74) is 1.71. The fraction of sp³-hybridized carbons (Fsp3) is 0.150. The van der Waals surface area contributed by atoms with Gasteiger partial charge in [-0.25, -0.2) is 4.98 Å². The third kappa shape index (κ3) is 4.43. The first-order valence-electron chi connectivity index (χ1n) is 8.59. The molecule has 144 valence electrons. The number of benzene rings is 1. The number of nitrogens with zero attached hydrogens (tertiary/aromatic N) is 3. The largest absolute Gasteiger partial charge is 0.418 e. The molecule has 0 fully saturated rings. The first kappa shape index (κ1) is 20.1. The Bertz CT molecular complexity index is 1100. The molecule has 9 heteroatoms. The number of nitrogens with one attached hydrogen (secondary N) is 2. The average Bonchev–Trinajstić information content (AvgIpc) is 3.24. The molecule has 3 rings (SSSR count). The monoisotopic (exact) mass is 406 g/mol. The number of pyridine rings is 1. The van der Waals surface area contributed by atoms with Crippen LogP contribution in [0.5, 0.6) is 0 Å². The molecular formula is C20H16N5O3S+. The summed E-state index contributed by atoms with van der Waals surface area (Å²) >= 11 is 1.26. The minimum Gasteiger partial charge on any atom is -0.406 e. The standard InChI is InChI=1S/C20H15N5O3S/c21-10-15-18(13-4-2-1-3-5-13)16(11-22)20(24-19(15)23-8-9-26)29-12-14-6-7-17(25-27)28-14/h1-7,26H,8-9,12H2,(H,23,24)/p+1. The molecule has 0 atom stereocenters. The fourth-order valence-corrected chi connectivity index (χ4v) is 3.61. The van der Waals surface area contributed by atoms with E-state index in [1.54, 1.807) is 11.2 Å². The Morgan fingerprint density at radius 3 is 2.52 bits per heavy atom. The summed E-state index contributed by atoms with van der Waals surface area (Å²) in [5.74, 6) is 1.27. The summed E-state index contributed by atoms with van der Waals surface area (Å²) < 4.78 is 5.33. The van der Waals surface area contributed by atoms with Gasteiger partial charge in [-0.1, -0.05) is 42.1 Å². The van der Waals surface area contributed by atoms with Crippen LogP contribution in [0.3, 0.4) is 0 Å². The van der Waals surface area contributed by atoms with Crippen LogP contribution in [0.15, 0.2) is 51.9 Å². The number of nitroso groups, excluding NO2 is 1. The average molecular weight is 406 g/mol. The van der Waals surface area contributed by atoms with E-state index in [4.69, 9.17) is 9.52 Å². The van der Waals surface area contributed by atoms with E-state index in [0.29, 0.717) is 33.5 Å². The summed E-state index contributed by atoms with van der Waals surface area (Å²) in [6.07, 6.45) is 0. The molecule has 2 aromatic heterocycles. The zero-order chi connectivity index (χ0) is 20.6. The molecule has 0 aliphatic carbocycles. The van der Waals surface area contributed by atoms with E-state index < -0.39 is 0 Å². The Balaban J connectivity index is 2.10. The van der Waals surface area contributed by atoms with E-state index in [1.807, 2.05) is 30.3 Å². The lowest BCUT2D eigenvalue weighted by atomic mass is 9.97. The number of thioether (sulfide) groups is 1. The normalized spacial score (nSPS) is 10.2. The molecule has 1 aromatic carbocycles. The van der Waals surface area contributed by atoms with Crippen LogP contribution in [0, 0.1) is 27.6 Å². The van der Waals surface area contributed by atoms with Crippen LogP contribution in [0.25, 0.3) is 11.1 Å². The van der Waals surface area contributed by atoms with Gasteiger partial charge in [0.2, 0.25) is 0 Å². The van der Waals surface area contributed by atoms with Crippen LogP contribution in [0.1, 0.15) is 16.9 Å². The van der Waals surface area contributed by atoms with E-state index in [0.717, 1.165) is 0 Å². The lowest BCUT2D eigenvalue weighted by Crippen LogP contribution is -2.55. The minimum atomic E-state index is -0.132. The van der Waals surface area contributed by atoms with Gasteiger partial charge in [-0.3, -0.25) is 0 Å². The van der Waals surface area contributed by atoms with Crippen molar-refractivity contribution in [3.05, 3.63) is 64.3 Å². The molecular weight excluding hydrogens is 390 g/mol. The SMILES string of the molecule is N#Cc1c(NCCO)nc(SCc2ccc([NH+]=O)o2)c(C#N)c1-c1ccccc1. The van der Waals surface area contributed by atoms with Gasteiger partial charge >= 0.3 is 5.88 Å². The summed E-state index contributed by atoms with van der Waals surface area (Å²) in [6.45, 7) is 0.0791. The maximum absolute atomic E-state index is 10.7. The van der Waals surface area contributed by atoms with E-state index in [9.17, 15) is 15.4 Å². The van der Waals surface area contributed by atoms with Crippen LogP contribution in [0.4, 0.5) is 11.7 Å². The molecule has 0 saturated heterocycles. The van der Waals surface area contributed by atoms with Crippen LogP contribution < -0.4 is 10.5 Å². The second-order valence-electron chi connectivity index (χ2n) is 5.79. The van der Waals surface area contributed by atoms with Crippen molar-refractivity contribution in [2.45, 2.75) is 10.8 Å². The Hall–Kier alpha value is -3.66. The zero-order valence-corrected chi connectivity index (χ0v) is 16.0. The van der Waals surface area contributed by atoms with Crippen molar-refractivity contribution in [2.24, 2.45) is 0 Å². The van der Waals surface area contributed by atoms with E-state index >= 15 is 0 Å². The molecule has 2 heterocycles. The van der Waals surface area contributed by atoms with Gasteiger partial charge in [-0.2, -0.15) is 10.5 Å². The maximum Gasteiger partial charge on any atom is 0.418 e. The maximum atomic E-state index is 10.7. The van der Waals surface area contributed by atoms with E-state index in [1.165, 1.54) is 17.8 Å². The van der Waals surface area contributed by atoms with Crippen molar-refractivity contribution in [1.82, 2.24) is 4.98 Å². The molecule has 8 nitrogen and oxygen atoms in total. The Kier molecular flexibility index (Phi) is 6.59. The summed E-state index contributed by atoms with van der Waals surface area (Å²) in [4.78, 5) is 15.1. The molecule has 29 heavy (non-hydrogen) atoms. The number of aliphatic hydroxyl groups excluding tert-OH is 1. The number of furan rings is 1. The summed E-state index contributed by atoms with van der Waals surface area (Å²) in [5, 5.41) is 33.8. The second kappa shape index (κ2) is 9.51. The molecule has 0 radical (unpaired) electrons. The Morgan fingerprint density at radius 2 is 1.90 bits per heavy atom. The number of rotatable bonds is 8.